The van der Waals surface area contributed by atoms with Crippen LogP contribution in [0.25, 0.3) is 10.9 Å². The quantitative estimate of drug-likeness (QED) is 0.794. The van der Waals surface area contributed by atoms with Crippen molar-refractivity contribution < 1.29 is 9.45 Å². The Morgan fingerprint density at radius 2 is 2.05 bits per heavy atom. The number of aromatic nitrogens is 1. The van der Waals surface area contributed by atoms with Gasteiger partial charge < -0.3 is 15.4 Å². The molecule has 20 heavy (non-hydrogen) atoms. The third kappa shape index (κ3) is 3.22. The Kier molecular flexibility index (Phi) is 4.85. The van der Waals surface area contributed by atoms with E-state index in [2.05, 4.69) is 4.98 Å². The number of fused-ring (bicyclic) bond motifs is 1. The standard InChI is InChI=1S/C15H21BN2O2/c1-3-16(4-2)20-15(19)13(17)9-11-10-18-14-8-6-5-7-12(11)14/h5-8,10,13,18H,3-4,9,17H2,1-2H3/t13-/m1/s1. The number of carbonyl (C=O) groups is 1. The first-order valence-corrected chi connectivity index (χ1v) is 7.16. The van der Waals surface area contributed by atoms with Crippen molar-refractivity contribution in [3.8, 4) is 0 Å². The highest BCUT2D eigenvalue weighted by molar-refractivity contribution is 6.53. The van der Waals surface area contributed by atoms with Crippen molar-refractivity contribution in [2.75, 3.05) is 0 Å². The average Bonchev–Trinajstić information content (AvgIpc) is 2.87. The third-order valence-electron chi connectivity index (χ3n) is 3.61. The monoisotopic (exact) mass is 272 g/mol. The highest BCUT2D eigenvalue weighted by Gasteiger charge is 2.22. The summed E-state index contributed by atoms with van der Waals surface area (Å²) in [5.74, 6) is -0.316. The van der Waals surface area contributed by atoms with E-state index in [1.165, 1.54) is 0 Å². The molecule has 0 fully saturated rings. The maximum Gasteiger partial charge on any atom is 0.361 e. The molecule has 0 saturated carbocycles. The van der Waals surface area contributed by atoms with Gasteiger partial charge in [0.2, 0.25) is 0 Å². The van der Waals surface area contributed by atoms with Crippen LogP contribution >= 0.6 is 0 Å². The van der Waals surface area contributed by atoms with Crippen LogP contribution < -0.4 is 5.73 Å². The molecule has 1 aromatic carbocycles. The van der Waals surface area contributed by atoms with Crippen LogP contribution in [0.4, 0.5) is 0 Å². The van der Waals surface area contributed by atoms with Crippen molar-refractivity contribution in [1.29, 1.82) is 0 Å². The van der Waals surface area contributed by atoms with E-state index in [-0.39, 0.29) is 12.9 Å². The molecule has 2 aromatic rings. The van der Waals surface area contributed by atoms with Gasteiger partial charge in [-0.05, 0) is 24.3 Å². The van der Waals surface area contributed by atoms with Crippen LogP contribution in [-0.4, -0.2) is 23.9 Å². The molecule has 4 nitrogen and oxygen atoms in total. The number of nitrogens with two attached hydrogens (primary N) is 1. The molecule has 1 heterocycles. The molecule has 0 aliphatic carbocycles. The summed E-state index contributed by atoms with van der Waals surface area (Å²) in [6, 6.07) is 7.37. The van der Waals surface area contributed by atoms with Crippen LogP contribution in [0.1, 0.15) is 19.4 Å². The van der Waals surface area contributed by atoms with E-state index >= 15 is 0 Å². The molecular weight excluding hydrogens is 251 g/mol. The molecule has 1 aromatic heterocycles. The largest absolute Gasteiger partial charge is 0.535 e. The molecule has 0 saturated heterocycles. The molecule has 0 spiro atoms. The van der Waals surface area contributed by atoms with Crippen LogP contribution in [0.5, 0.6) is 0 Å². The summed E-state index contributed by atoms with van der Waals surface area (Å²) in [4.78, 5) is 15.2. The molecule has 2 rings (SSSR count). The minimum atomic E-state index is -0.616. The summed E-state index contributed by atoms with van der Waals surface area (Å²) >= 11 is 0. The van der Waals surface area contributed by atoms with Gasteiger partial charge >= 0.3 is 12.9 Å². The maximum atomic E-state index is 12.0. The average molecular weight is 272 g/mol. The SMILES string of the molecule is CCB(CC)OC(=O)[C@H](N)Cc1c[nH]c2ccccc12. The summed E-state index contributed by atoms with van der Waals surface area (Å²) in [5.41, 5.74) is 8.08. The molecule has 1 atom stereocenters. The molecule has 0 amide bonds. The van der Waals surface area contributed by atoms with Gasteiger partial charge in [0.1, 0.15) is 6.04 Å². The second-order valence-corrected chi connectivity index (χ2v) is 5.05. The number of hydrogen-bond donors (Lipinski definition) is 2. The Bertz CT molecular complexity index is 578. The van der Waals surface area contributed by atoms with E-state index in [1.54, 1.807) is 0 Å². The second kappa shape index (κ2) is 6.61. The lowest BCUT2D eigenvalue weighted by molar-refractivity contribution is -0.136. The fourth-order valence-electron chi connectivity index (χ4n) is 2.33. The minimum absolute atomic E-state index is 0.0310. The Morgan fingerprint density at radius 1 is 1.35 bits per heavy atom. The molecule has 0 aliphatic rings. The van der Waals surface area contributed by atoms with Crippen molar-refractivity contribution in [2.45, 2.75) is 39.0 Å². The molecule has 0 bridgehead atoms. The van der Waals surface area contributed by atoms with Gasteiger partial charge in [0.15, 0.2) is 0 Å². The zero-order valence-electron chi connectivity index (χ0n) is 12.1. The molecule has 106 valence electrons. The minimum Gasteiger partial charge on any atom is -0.535 e. The number of para-hydroxylation sites is 1. The van der Waals surface area contributed by atoms with E-state index in [9.17, 15) is 4.79 Å². The van der Waals surface area contributed by atoms with Crippen LogP contribution in [0, 0.1) is 0 Å². The first kappa shape index (κ1) is 14.7. The highest BCUT2D eigenvalue weighted by Crippen LogP contribution is 2.19. The zero-order chi connectivity index (χ0) is 14.5. The van der Waals surface area contributed by atoms with E-state index in [0.29, 0.717) is 6.42 Å². The van der Waals surface area contributed by atoms with Crippen molar-refractivity contribution in [3.05, 3.63) is 36.0 Å². The Labute approximate surface area is 119 Å². The maximum absolute atomic E-state index is 12.0. The lowest BCUT2D eigenvalue weighted by Crippen LogP contribution is -2.37. The number of nitrogens with one attached hydrogen (secondary N) is 1. The van der Waals surface area contributed by atoms with Gasteiger partial charge in [-0.2, -0.15) is 0 Å². The van der Waals surface area contributed by atoms with Crippen molar-refractivity contribution in [2.24, 2.45) is 5.73 Å². The second-order valence-electron chi connectivity index (χ2n) is 5.05. The third-order valence-corrected chi connectivity index (χ3v) is 3.61. The topological polar surface area (TPSA) is 68.1 Å². The van der Waals surface area contributed by atoms with Crippen LogP contribution in [0.15, 0.2) is 30.5 Å². The first-order valence-electron chi connectivity index (χ1n) is 7.16. The summed E-state index contributed by atoms with van der Waals surface area (Å²) in [7, 11) is 0. The van der Waals surface area contributed by atoms with Crippen molar-refractivity contribution in [1.82, 2.24) is 4.98 Å². The fraction of sp³-hybridized carbons (Fsp3) is 0.400. The smallest absolute Gasteiger partial charge is 0.361 e. The Balaban J connectivity index is 2.04. The molecular formula is C15H21BN2O2. The lowest BCUT2D eigenvalue weighted by Gasteiger charge is -2.15. The van der Waals surface area contributed by atoms with E-state index < -0.39 is 6.04 Å². The number of aromatic amines is 1. The van der Waals surface area contributed by atoms with Crippen LogP contribution in [0.2, 0.25) is 12.6 Å². The summed E-state index contributed by atoms with van der Waals surface area (Å²) in [5, 5.41) is 1.11. The van der Waals surface area contributed by atoms with Crippen LogP contribution in [-0.2, 0) is 15.9 Å². The van der Waals surface area contributed by atoms with Gasteiger partial charge in [-0.1, -0.05) is 32.0 Å². The van der Waals surface area contributed by atoms with Crippen molar-refractivity contribution in [3.63, 3.8) is 0 Å². The lowest BCUT2D eigenvalue weighted by atomic mass is 9.62. The normalized spacial score (nSPS) is 12.3. The first-order chi connectivity index (χ1) is 9.65. The number of carbonyl (C=O) groups excluding carboxylic acids is 1. The Hall–Kier alpha value is -1.75. The van der Waals surface area contributed by atoms with E-state index in [4.69, 9.17) is 10.4 Å². The number of benzene rings is 1. The molecule has 0 aliphatic heterocycles. The van der Waals surface area contributed by atoms with E-state index in [1.807, 2.05) is 44.3 Å². The summed E-state index contributed by atoms with van der Waals surface area (Å²) < 4.78 is 5.40. The fourth-order valence-corrected chi connectivity index (χ4v) is 2.33. The van der Waals surface area contributed by atoms with Gasteiger partial charge in [0.25, 0.3) is 0 Å². The highest BCUT2D eigenvalue weighted by atomic mass is 16.5. The van der Waals surface area contributed by atoms with Crippen molar-refractivity contribution >= 4 is 23.8 Å². The van der Waals surface area contributed by atoms with E-state index in [0.717, 1.165) is 29.1 Å². The number of H-pyrrole nitrogens is 1. The zero-order valence-corrected chi connectivity index (χ0v) is 12.1. The number of hydrogen-bond acceptors (Lipinski definition) is 3. The molecule has 3 N–H and O–H groups in total. The van der Waals surface area contributed by atoms with Gasteiger partial charge in [-0.3, -0.25) is 4.79 Å². The van der Waals surface area contributed by atoms with Gasteiger partial charge in [0, 0.05) is 23.5 Å². The summed E-state index contributed by atoms with van der Waals surface area (Å²) in [6.45, 7) is 3.98. The molecule has 5 heteroatoms. The predicted octanol–water partition coefficient (Wildman–Crippen LogP) is 2.61. The predicted molar refractivity (Wildman–Crippen MR) is 82.8 cm³/mol. The van der Waals surface area contributed by atoms with Gasteiger partial charge in [-0.15, -0.1) is 0 Å². The molecule has 0 radical (unpaired) electrons. The Morgan fingerprint density at radius 3 is 2.75 bits per heavy atom. The molecule has 0 unspecified atom stereocenters. The van der Waals surface area contributed by atoms with Crippen LogP contribution in [0.3, 0.4) is 0 Å². The number of rotatable bonds is 6. The van der Waals surface area contributed by atoms with Gasteiger partial charge in [-0.25, -0.2) is 0 Å². The van der Waals surface area contributed by atoms with Gasteiger partial charge in [0.05, 0.1) is 0 Å². The summed E-state index contributed by atoms with van der Waals surface area (Å²) in [6.07, 6.45) is 4.04.